The molecule has 1 atom stereocenters. The fraction of sp³-hybridized carbons (Fsp3) is 0.273. The zero-order valence-electron chi connectivity index (χ0n) is 17.0. The van der Waals surface area contributed by atoms with E-state index in [2.05, 4.69) is 5.43 Å². The molecule has 3 rings (SSSR count). The number of carbonyl (C=O) groups is 2. The van der Waals surface area contributed by atoms with Crippen molar-refractivity contribution in [2.75, 3.05) is 21.3 Å². The molecule has 8 heteroatoms. The van der Waals surface area contributed by atoms with Gasteiger partial charge < -0.3 is 19.3 Å². The first-order valence-electron chi connectivity index (χ1n) is 9.35. The quantitative estimate of drug-likeness (QED) is 0.688. The molecule has 0 aromatic heterocycles. The van der Waals surface area contributed by atoms with Gasteiger partial charge in [-0.15, -0.1) is 0 Å². The van der Waals surface area contributed by atoms with E-state index in [1.807, 2.05) is 30.3 Å². The van der Waals surface area contributed by atoms with Gasteiger partial charge >= 0.3 is 5.97 Å². The summed E-state index contributed by atoms with van der Waals surface area (Å²) in [6.07, 6.45) is 1.52. The molecule has 0 spiro atoms. The zero-order valence-corrected chi connectivity index (χ0v) is 17.0. The Morgan fingerprint density at radius 1 is 0.967 bits per heavy atom. The highest BCUT2D eigenvalue weighted by Gasteiger charge is 2.33. The fourth-order valence-corrected chi connectivity index (χ4v) is 3.25. The van der Waals surface area contributed by atoms with Crippen LogP contribution < -0.4 is 19.6 Å². The average molecular weight is 412 g/mol. The van der Waals surface area contributed by atoms with E-state index in [1.54, 1.807) is 39.5 Å². The molecule has 0 fully saturated rings. The first kappa shape index (κ1) is 21.0. The van der Waals surface area contributed by atoms with E-state index in [4.69, 9.17) is 19.3 Å². The Labute approximate surface area is 174 Å². The van der Waals surface area contributed by atoms with E-state index in [9.17, 15) is 9.59 Å². The van der Waals surface area contributed by atoms with Crippen LogP contribution in [0.5, 0.6) is 17.2 Å². The summed E-state index contributed by atoms with van der Waals surface area (Å²) in [6.45, 7) is 0. The van der Waals surface area contributed by atoms with Gasteiger partial charge in [-0.3, -0.25) is 15.0 Å². The molecule has 158 valence electrons. The summed E-state index contributed by atoms with van der Waals surface area (Å²) in [6, 6.07) is 12.3. The predicted octanol–water partition coefficient (Wildman–Crippen LogP) is 3.01. The minimum absolute atomic E-state index is 0.130. The van der Waals surface area contributed by atoms with Gasteiger partial charge in [0.2, 0.25) is 5.91 Å². The number of methoxy groups -OCH3 is 3. The van der Waals surface area contributed by atoms with Crippen LogP contribution in [0.1, 0.15) is 30.0 Å². The van der Waals surface area contributed by atoms with E-state index >= 15 is 0 Å². The maximum absolute atomic E-state index is 12.8. The van der Waals surface area contributed by atoms with Crippen molar-refractivity contribution in [2.45, 2.75) is 18.9 Å². The average Bonchev–Trinajstić information content (AvgIpc) is 3.22. The van der Waals surface area contributed by atoms with Crippen molar-refractivity contribution in [1.82, 2.24) is 10.4 Å². The predicted molar refractivity (Wildman–Crippen MR) is 110 cm³/mol. The molecule has 2 N–H and O–H groups in total. The van der Waals surface area contributed by atoms with Crippen molar-refractivity contribution in [3.63, 3.8) is 0 Å². The van der Waals surface area contributed by atoms with Gasteiger partial charge in [0.25, 0.3) is 0 Å². The van der Waals surface area contributed by atoms with Crippen LogP contribution in [0.15, 0.2) is 48.5 Å². The number of rotatable bonds is 8. The first-order valence-corrected chi connectivity index (χ1v) is 9.35. The number of carbonyl (C=O) groups excluding carboxylic acids is 1. The third kappa shape index (κ3) is 4.48. The Hall–Kier alpha value is -3.68. The highest BCUT2D eigenvalue weighted by Crippen LogP contribution is 2.38. The minimum Gasteiger partial charge on any atom is -0.497 e. The lowest BCUT2D eigenvalue weighted by Crippen LogP contribution is -2.39. The third-order valence-electron chi connectivity index (χ3n) is 4.82. The van der Waals surface area contributed by atoms with E-state index in [-0.39, 0.29) is 18.7 Å². The molecule has 0 bridgehead atoms. The number of ether oxygens (including phenoxy) is 3. The van der Waals surface area contributed by atoms with Crippen molar-refractivity contribution in [2.24, 2.45) is 0 Å². The number of hydrogen-bond donors (Lipinski definition) is 2. The monoisotopic (exact) mass is 412 g/mol. The van der Waals surface area contributed by atoms with Crippen LogP contribution in [-0.4, -0.2) is 43.3 Å². The summed E-state index contributed by atoms with van der Waals surface area (Å²) >= 11 is 0. The molecule has 2 aromatic rings. The van der Waals surface area contributed by atoms with Crippen LogP contribution >= 0.6 is 0 Å². The van der Waals surface area contributed by atoms with Crippen LogP contribution in [0.3, 0.4) is 0 Å². The Balaban J connectivity index is 2.00. The van der Waals surface area contributed by atoms with E-state index < -0.39 is 12.0 Å². The van der Waals surface area contributed by atoms with Crippen molar-refractivity contribution < 1.29 is 28.9 Å². The number of nitrogens with one attached hydrogen (secondary N) is 1. The topological polar surface area (TPSA) is 97.3 Å². The van der Waals surface area contributed by atoms with Gasteiger partial charge in [0, 0.05) is 12.0 Å². The van der Waals surface area contributed by atoms with Crippen LogP contribution in [0, 0.1) is 0 Å². The van der Waals surface area contributed by atoms with Gasteiger partial charge in [0.1, 0.15) is 23.3 Å². The lowest BCUT2D eigenvalue weighted by atomic mass is 10.0. The smallest absolute Gasteiger partial charge is 0.303 e. The number of carboxylic acids is 1. The van der Waals surface area contributed by atoms with E-state index in [1.165, 1.54) is 5.01 Å². The van der Waals surface area contributed by atoms with Gasteiger partial charge in [-0.2, -0.15) is 0 Å². The summed E-state index contributed by atoms with van der Waals surface area (Å²) in [5.74, 6) is 0.562. The molecule has 0 radical (unpaired) electrons. The van der Waals surface area contributed by atoms with Crippen LogP contribution in [0.2, 0.25) is 0 Å². The molecule has 1 aliphatic rings. The Kier molecular flexibility index (Phi) is 6.46. The van der Waals surface area contributed by atoms with Gasteiger partial charge in [-0.25, -0.2) is 5.01 Å². The molecule has 1 heterocycles. The number of aliphatic carboxylic acids is 1. The van der Waals surface area contributed by atoms with Crippen molar-refractivity contribution >= 4 is 17.6 Å². The van der Waals surface area contributed by atoms with E-state index in [0.717, 1.165) is 22.6 Å². The highest BCUT2D eigenvalue weighted by molar-refractivity contribution is 5.84. The van der Waals surface area contributed by atoms with Crippen molar-refractivity contribution in [1.29, 1.82) is 0 Å². The minimum atomic E-state index is -1.03. The zero-order chi connectivity index (χ0) is 21.7. The molecular formula is C22H24N2O6. The highest BCUT2D eigenvalue weighted by atomic mass is 16.5. The molecule has 8 nitrogen and oxygen atoms in total. The SMILES string of the molecule is COc1ccc(C2=C[C@H](c3cc(OC)ccc3OC)N(C(=O)CCC(=O)O)N2)cc1. The van der Waals surface area contributed by atoms with Crippen LogP contribution in [0.4, 0.5) is 0 Å². The number of hydrazine groups is 1. The number of amides is 1. The molecule has 0 saturated heterocycles. The molecule has 30 heavy (non-hydrogen) atoms. The van der Waals surface area contributed by atoms with Gasteiger partial charge in [-0.05, 0) is 54.1 Å². The molecule has 0 saturated carbocycles. The molecule has 0 aliphatic carbocycles. The number of nitrogens with zero attached hydrogens (tertiary/aromatic N) is 1. The summed E-state index contributed by atoms with van der Waals surface area (Å²) in [4.78, 5) is 23.8. The van der Waals surface area contributed by atoms with Gasteiger partial charge in [0.15, 0.2) is 0 Å². The Bertz CT molecular complexity index is 955. The maximum Gasteiger partial charge on any atom is 0.303 e. The van der Waals surface area contributed by atoms with Gasteiger partial charge in [0.05, 0.1) is 33.4 Å². The van der Waals surface area contributed by atoms with Gasteiger partial charge in [-0.1, -0.05) is 0 Å². The number of hydrogen-bond acceptors (Lipinski definition) is 6. The summed E-state index contributed by atoms with van der Waals surface area (Å²) < 4.78 is 16.0. The van der Waals surface area contributed by atoms with Crippen LogP contribution in [-0.2, 0) is 9.59 Å². The molecule has 0 unspecified atom stereocenters. The Morgan fingerprint density at radius 2 is 1.63 bits per heavy atom. The molecule has 2 aromatic carbocycles. The number of carboxylic acid groups (broad SMARTS) is 1. The first-order chi connectivity index (χ1) is 14.5. The lowest BCUT2D eigenvalue weighted by molar-refractivity contribution is -0.142. The summed E-state index contributed by atoms with van der Waals surface area (Å²) in [7, 11) is 4.71. The molecular weight excluding hydrogens is 388 g/mol. The maximum atomic E-state index is 12.8. The van der Waals surface area contributed by atoms with E-state index in [0.29, 0.717) is 11.5 Å². The second-order valence-electron chi connectivity index (χ2n) is 6.63. The van der Waals surface area contributed by atoms with Crippen LogP contribution in [0.25, 0.3) is 5.70 Å². The normalized spacial score (nSPS) is 15.2. The standard InChI is InChI=1S/C22H24N2O6/c1-28-15-6-4-14(5-7-15)18-13-19(24(23-18)21(25)10-11-22(26)27)17-12-16(29-2)8-9-20(17)30-3/h4-9,12-13,19,23H,10-11H2,1-3H3,(H,26,27)/t19-/m1/s1. The third-order valence-corrected chi connectivity index (χ3v) is 4.82. The second-order valence-corrected chi connectivity index (χ2v) is 6.63. The molecule has 1 aliphatic heterocycles. The van der Waals surface area contributed by atoms with Crippen molar-refractivity contribution in [3.05, 3.63) is 59.7 Å². The Morgan fingerprint density at radius 3 is 2.23 bits per heavy atom. The summed E-state index contributed by atoms with van der Waals surface area (Å²) in [5, 5.41) is 10.4. The van der Waals surface area contributed by atoms with Crippen molar-refractivity contribution in [3.8, 4) is 17.2 Å². The summed E-state index contributed by atoms with van der Waals surface area (Å²) in [5.41, 5.74) is 5.42. The molecule has 1 amide bonds. The largest absolute Gasteiger partial charge is 0.497 e. The number of benzene rings is 2. The lowest BCUT2D eigenvalue weighted by Gasteiger charge is -2.26. The second kappa shape index (κ2) is 9.21. The fourth-order valence-electron chi connectivity index (χ4n) is 3.25.